The van der Waals surface area contributed by atoms with Crippen molar-refractivity contribution in [2.45, 2.75) is 142 Å². The largest absolute Gasteiger partial charge is 0.481 e. The van der Waals surface area contributed by atoms with E-state index in [1.165, 1.54) is 77.0 Å². The Hall–Kier alpha value is -3.41. The van der Waals surface area contributed by atoms with E-state index in [9.17, 15) is 19.5 Å². The Bertz CT molecular complexity index is 936. The van der Waals surface area contributed by atoms with Crippen molar-refractivity contribution in [1.29, 1.82) is 0 Å². The second-order valence-corrected chi connectivity index (χ2v) is 11.6. The number of aromatic amines is 1. The molecule has 0 bridgehead atoms. The van der Waals surface area contributed by atoms with Crippen molar-refractivity contribution in [3.05, 3.63) is 30.5 Å². The lowest BCUT2D eigenvalue weighted by Gasteiger charge is -2.21. The summed E-state index contributed by atoms with van der Waals surface area (Å²) in [5.74, 6) is -2.88. The summed E-state index contributed by atoms with van der Waals surface area (Å²) in [7, 11) is 0. The van der Waals surface area contributed by atoms with Gasteiger partial charge in [-0.05, 0) is 38.6 Å². The molecule has 1 aromatic rings. The Morgan fingerprint density at radius 3 is 1.91 bits per heavy atom. The number of H-pyrrole nitrogens is 1. The lowest BCUT2D eigenvalue weighted by Crippen LogP contribution is -2.53. The quantitative estimate of drug-likeness (QED) is 0.0662. The number of amides is 2. The summed E-state index contributed by atoms with van der Waals surface area (Å²) in [6.07, 6.45) is 22.4. The van der Waals surface area contributed by atoms with Gasteiger partial charge in [0.15, 0.2) is 0 Å². The Morgan fingerprint density at radius 2 is 1.42 bits per heavy atom. The molecule has 45 heavy (non-hydrogen) atoms. The van der Waals surface area contributed by atoms with Gasteiger partial charge in [-0.2, -0.15) is 0 Å². The molecule has 0 fully saturated rings. The van der Waals surface area contributed by atoms with Crippen LogP contribution < -0.4 is 21.7 Å². The highest BCUT2D eigenvalue weighted by atomic mass is 16.4. The van der Waals surface area contributed by atoms with Gasteiger partial charge in [0.05, 0.1) is 12.9 Å². The maximum absolute atomic E-state index is 13.0. The Kier molecular flexibility index (Phi) is 26.0. The van der Waals surface area contributed by atoms with Crippen LogP contribution in [0.1, 0.15) is 129 Å². The maximum Gasteiger partial charge on any atom is 0.326 e. The number of aliphatic carboxylic acids is 2. The van der Waals surface area contributed by atoms with Crippen LogP contribution in [-0.4, -0.2) is 69.1 Å². The summed E-state index contributed by atoms with van der Waals surface area (Å²) >= 11 is 0. The zero-order valence-corrected chi connectivity index (χ0v) is 27.7. The van der Waals surface area contributed by atoms with E-state index in [-0.39, 0.29) is 25.3 Å². The van der Waals surface area contributed by atoms with E-state index in [0.717, 1.165) is 31.9 Å². The number of nitrogens with one attached hydrogen (secondary N) is 4. The number of hydrogen-bond donors (Lipinski definition) is 7. The number of carbonyl (C=O) groups is 4. The minimum atomic E-state index is -1.12. The van der Waals surface area contributed by atoms with Crippen molar-refractivity contribution in [2.24, 2.45) is 5.73 Å². The smallest absolute Gasteiger partial charge is 0.326 e. The van der Waals surface area contributed by atoms with Crippen LogP contribution in [0.2, 0.25) is 0 Å². The van der Waals surface area contributed by atoms with E-state index in [0.29, 0.717) is 25.1 Å². The molecule has 0 saturated heterocycles. The topological polar surface area (TPSA) is 200 Å². The maximum atomic E-state index is 13.0. The molecule has 8 N–H and O–H groups in total. The SMILES string of the molecule is C=C(CCCCCCCCCCCCCCC)NCC(=O)N[C@@H](Cc1cnc[nH]1)C(=O)N[C@@H](CCCCN)C(=O)O.CC(=O)O. The summed E-state index contributed by atoms with van der Waals surface area (Å²) in [6.45, 7) is 7.81. The van der Waals surface area contributed by atoms with Crippen molar-refractivity contribution in [1.82, 2.24) is 25.9 Å². The number of aromatic nitrogens is 2. The first-order valence-corrected chi connectivity index (χ1v) is 16.7. The highest BCUT2D eigenvalue weighted by molar-refractivity contribution is 5.91. The molecular formula is C33H60N6O6. The molecule has 2 amide bonds. The van der Waals surface area contributed by atoms with Gasteiger partial charge in [0.1, 0.15) is 12.1 Å². The molecule has 0 aromatic carbocycles. The van der Waals surface area contributed by atoms with Gasteiger partial charge in [-0.15, -0.1) is 0 Å². The summed E-state index contributed by atoms with van der Waals surface area (Å²) < 4.78 is 0. The molecule has 0 spiro atoms. The zero-order valence-electron chi connectivity index (χ0n) is 27.7. The number of nitrogens with zero attached hydrogens (tertiary/aromatic N) is 1. The van der Waals surface area contributed by atoms with Crippen molar-refractivity contribution in [2.75, 3.05) is 13.1 Å². The average Bonchev–Trinajstić information content (AvgIpc) is 3.50. The molecule has 1 rings (SSSR count). The molecule has 0 unspecified atom stereocenters. The number of rotatable bonds is 27. The van der Waals surface area contributed by atoms with Crippen LogP contribution in [0, 0.1) is 0 Å². The number of unbranched alkanes of at least 4 members (excludes halogenated alkanes) is 13. The van der Waals surface area contributed by atoms with Crippen LogP contribution in [0.4, 0.5) is 0 Å². The predicted molar refractivity (Wildman–Crippen MR) is 177 cm³/mol. The molecule has 12 nitrogen and oxygen atoms in total. The normalized spacial score (nSPS) is 11.9. The summed E-state index contributed by atoms with van der Waals surface area (Å²) in [4.78, 5) is 53.1. The lowest BCUT2D eigenvalue weighted by molar-refractivity contribution is -0.142. The van der Waals surface area contributed by atoms with E-state index >= 15 is 0 Å². The van der Waals surface area contributed by atoms with Crippen molar-refractivity contribution < 1.29 is 29.4 Å². The third-order valence-corrected chi connectivity index (χ3v) is 7.27. The van der Waals surface area contributed by atoms with Gasteiger partial charge < -0.3 is 36.9 Å². The third kappa shape index (κ3) is 25.6. The fourth-order valence-electron chi connectivity index (χ4n) is 4.74. The van der Waals surface area contributed by atoms with Crippen LogP contribution in [0.25, 0.3) is 0 Å². The molecule has 0 saturated carbocycles. The van der Waals surface area contributed by atoms with Crippen molar-refractivity contribution in [3.63, 3.8) is 0 Å². The number of carboxylic acid groups (broad SMARTS) is 2. The molecule has 12 heteroatoms. The summed E-state index contributed by atoms with van der Waals surface area (Å²) in [6, 6.07) is -2.00. The first kappa shape index (κ1) is 41.6. The Morgan fingerprint density at radius 1 is 0.867 bits per heavy atom. The third-order valence-electron chi connectivity index (χ3n) is 7.27. The second-order valence-electron chi connectivity index (χ2n) is 11.6. The number of carbonyl (C=O) groups excluding carboxylic acids is 2. The van der Waals surface area contributed by atoms with Crippen LogP contribution in [0.5, 0.6) is 0 Å². The van der Waals surface area contributed by atoms with E-state index in [4.69, 9.17) is 15.6 Å². The van der Waals surface area contributed by atoms with Gasteiger partial charge in [-0.1, -0.05) is 90.6 Å². The van der Waals surface area contributed by atoms with E-state index < -0.39 is 29.9 Å². The molecule has 0 aliphatic rings. The molecule has 2 atom stereocenters. The summed E-state index contributed by atoms with van der Waals surface area (Å²) in [5, 5.41) is 25.3. The first-order chi connectivity index (χ1) is 21.6. The fourth-order valence-corrected chi connectivity index (χ4v) is 4.74. The van der Waals surface area contributed by atoms with Crippen molar-refractivity contribution >= 4 is 23.8 Å². The van der Waals surface area contributed by atoms with E-state index in [2.05, 4.69) is 39.4 Å². The Balaban J connectivity index is 0.00000454. The number of hydrogen-bond acceptors (Lipinski definition) is 7. The lowest BCUT2D eigenvalue weighted by atomic mass is 10.0. The molecule has 0 radical (unpaired) electrons. The zero-order chi connectivity index (χ0) is 33.7. The van der Waals surface area contributed by atoms with E-state index in [1.54, 1.807) is 6.20 Å². The molecule has 1 heterocycles. The number of nitrogens with two attached hydrogens (primary N) is 1. The van der Waals surface area contributed by atoms with Gasteiger partial charge in [0.2, 0.25) is 11.8 Å². The fraction of sp³-hybridized carbons (Fsp3) is 0.727. The Labute approximate surface area is 269 Å². The highest BCUT2D eigenvalue weighted by Gasteiger charge is 2.27. The molecule has 0 aliphatic heterocycles. The number of carboxylic acids is 2. The average molecular weight is 637 g/mol. The van der Waals surface area contributed by atoms with Gasteiger partial charge in [-0.3, -0.25) is 14.4 Å². The van der Waals surface area contributed by atoms with Gasteiger partial charge in [0.25, 0.3) is 5.97 Å². The summed E-state index contributed by atoms with van der Waals surface area (Å²) in [5.41, 5.74) is 6.94. The van der Waals surface area contributed by atoms with Gasteiger partial charge in [-0.25, -0.2) is 9.78 Å². The van der Waals surface area contributed by atoms with Crippen LogP contribution in [0.15, 0.2) is 24.8 Å². The second kappa shape index (κ2) is 28.1. The molecule has 258 valence electrons. The minimum Gasteiger partial charge on any atom is -0.481 e. The first-order valence-electron chi connectivity index (χ1n) is 16.7. The molecule has 1 aromatic heterocycles. The molecule has 0 aliphatic carbocycles. The van der Waals surface area contributed by atoms with E-state index in [1.807, 2.05) is 0 Å². The monoisotopic (exact) mass is 636 g/mol. The highest BCUT2D eigenvalue weighted by Crippen LogP contribution is 2.13. The number of allylic oxidation sites excluding steroid dienone is 1. The van der Waals surface area contributed by atoms with Crippen LogP contribution in [-0.2, 0) is 25.6 Å². The number of imidazole rings is 1. The standard InChI is InChI=1S/C31H56N6O4.C2H4O2/c1-3-4-5-6-7-8-9-10-11-12-13-14-15-18-25(2)34-23-29(38)36-28(21-26-22-33-24-35-26)30(39)37-27(31(40)41)19-16-17-20-32;1-2(3)4/h22,24,27-28,34H,2-21,23,32H2,1H3,(H,33,35)(H,36,38)(H,37,39)(H,40,41);1H3,(H,3,4)/t27-,28-;/m0./s1. The molecular weight excluding hydrogens is 576 g/mol. The van der Waals surface area contributed by atoms with Gasteiger partial charge in [0, 0.05) is 30.9 Å². The van der Waals surface area contributed by atoms with Crippen LogP contribution >= 0.6 is 0 Å². The van der Waals surface area contributed by atoms with Crippen molar-refractivity contribution in [3.8, 4) is 0 Å². The van der Waals surface area contributed by atoms with Crippen LogP contribution in [0.3, 0.4) is 0 Å². The predicted octanol–water partition coefficient (Wildman–Crippen LogP) is 4.81. The minimum absolute atomic E-state index is 0.0110. The van der Waals surface area contributed by atoms with Gasteiger partial charge >= 0.3 is 5.97 Å².